The van der Waals surface area contributed by atoms with E-state index in [9.17, 15) is 32.4 Å². The molecule has 3 rings (SSSR count). The Balaban J connectivity index is 2.14. The molecule has 8 nitrogen and oxygen atoms in total. The molecule has 30 heavy (non-hydrogen) atoms. The van der Waals surface area contributed by atoms with E-state index < -0.39 is 25.4 Å². The van der Waals surface area contributed by atoms with Crippen LogP contribution in [0.1, 0.15) is 0 Å². The molecule has 0 saturated carbocycles. The lowest BCUT2D eigenvalue weighted by Gasteiger charge is -2.20. The highest BCUT2D eigenvalue weighted by atomic mass is 19.3. The van der Waals surface area contributed by atoms with E-state index in [1.54, 1.807) is 0 Å². The van der Waals surface area contributed by atoms with Crippen molar-refractivity contribution in [3.63, 3.8) is 0 Å². The number of benzene rings is 2. The molecule has 0 atom stereocenters. The van der Waals surface area contributed by atoms with Gasteiger partial charge < -0.3 is 25.3 Å². The summed E-state index contributed by atoms with van der Waals surface area (Å²) in [6, 6.07) is 7.15. The maximum absolute atomic E-state index is 13.5. The molecule has 0 aliphatic rings. The Labute approximate surface area is 166 Å². The van der Waals surface area contributed by atoms with Crippen molar-refractivity contribution in [2.24, 2.45) is 0 Å². The largest absolute Gasteiger partial charge is 0.488 e. The minimum atomic E-state index is -4.78. The number of fused-ring (bicyclic) bond motifs is 1. The number of hydrogen-bond donors (Lipinski definition) is 3. The summed E-state index contributed by atoms with van der Waals surface area (Å²) in [6.07, 6.45) is -8.87. The first-order valence-electron chi connectivity index (χ1n) is 8.15. The van der Waals surface area contributed by atoms with Gasteiger partial charge in [0.15, 0.2) is 0 Å². The number of carbonyl (C=O) groups is 1. The maximum atomic E-state index is 13.5. The van der Waals surface area contributed by atoms with Gasteiger partial charge in [-0.1, -0.05) is 18.2 Å². The fraction of sp³-hybridized carbons (Fsp3) is 0.118. The number of rotatable bonds is 7. The van der Waals surface area contributed by atoms with Crippen LogP contribution in [0.4, 0.5) is 23.2 Å². The Bertz CT molecular complexity index is 1100. The number of nitrogens with two attached hydrogens (primary N) is 1. The van der Waals surface area contributed by atoms with Gasteiger partial charge in [-0.3, -0.25) is 4.79 Å². The number of aromatic nitrogens is 2. The van der Waals surface area contributed by atoms with Gasteiger partial charge in [0.05, 0.1) is 5.52 Å². The van der Waals surface area contributed by atoms with Crippen LogP contribution in [0.2, 0.25) is 0 Å². The van der Waals surface area contributed by atoms with Crippen LogP contribution in [0, 0.1) is 0 Å². The van der Waals surface area contributed by atoms with Crippen LogP contribution >= 0.6 is 0 Å². The molecule has 0 unspecified atom stereocenters. The Hall–Kier alpha value is -3.45. The third-order valence-corrected chi connectivity index (χ3v) is 4.04. The number of nitrogen functional groups attached to an aromatic ring is 1. The zero-order valence-electron chi connectivity index (χ0n) is 14.8. The molecule has 1 heterocycles. The topological polar surface area (TPSA) is 128 Å². The minimum absolute atomic E-state index is 0.0149. The third-order valence-electron chi connectivity index (χ3n) is 4.04. The summed E-state index contributed by atoms with van der Waals surface area (Å²) in [5.41, 5.74) is 5.90. The number of carbonyl (C=O) groups excluding carboxylic acids is 1. The Morgan fingerprint density at radius 3 is 2.50 bits per heavy atom. The summed E-state index contributed by atoms with van der Waals surface area (Å²) in [7, 11) is -1.95. The van der Waals surface area contributed by atoms with E-state index in [0.29, 0.717) is 5.39 Å². The van der Waals surface area contributed by atoms with Crippen LogP contribution in [0.5, 0.6) is 11.6 Å². The van der Waals surface area contributed by atoms with Gasteiger partial charge in [0.2, 0.25) is 0 Å². The van der Waals surface area contributed by atoms with Gasteiger partial charge in [-0.2, -0.15) is 17.6 Å². The van der Waals surface area contributed by atoms with Crippen molar-refractivity contribution in [2.75, 3.05) is 5.73 Å². The molecule has 0 aliphatic carbocycles. The molecule has 0 saturated heterocycles. The summed E-state index contributed by atoms with van der Waals surface area (Å²) in [5.74, 6) is -0.873. The summed E-state index contributed by atoms with van der Waals surface area (Å²) in [5, 5.41) is 26.5. The van der Waals surface area contributed by atoms with Crippen LogP contribution in [-0.2, 0) is 4.79 Å². The number of hydrogen-bond acceptors (Lipinski definition) is 8. The van der Waals surface area contributed by atoms with Gasteiger partial charge in [-0.05, 0) is 29.2 Å². The van der Waals surface area contributed by atoms with Crippen molar-refractivity contribution in [3.8, 4) is 22.8 Å². The van der Waals surface area contributed by atoms with Crippen LogP contribution in [-0.4, -0.2) is 46.4 Å². The van der Waals surface area contributed by atoms with Gasteiger partial charge in [0.1, 0.15) is 11.4 Å². The summed E-state index contributed by atoms with van der Waals surface area (Å²) in [4.78, 5) is 10.5. The molecule has 0 fully saturated rings. The van der Waals surface area contributed by atoms with Gasteiger partial charge in [0.25, 0.3) is 12.4 Å². The second kappa shape index (κ2) is 8.12. The lowest BCUT2D eigenvalue weighted by atomic mass is 9.79. The number of halogens is 4. The third kappa shape index (κ3) is 4.11. The van der Waals surface area contributed by atoms with Gasteiger partial charge in [-0.15, -0.1) is 10.2 Å². The Kier molecular flexibility index (Phi) is 5.76. The molecule has 0 bridgehead atoms. The molecule has 1 aromatic heterocycles. The lowest BCUT2D eigenvalue weighted by molar-refractivity contribution is -0.253. The van der Waals surface area contributed by atoms with E-state index in [1.807, 2.05) is 0 Å². The highest BCUT2D eigenvalue weighted by Gasteiger charge is 2.44. The molecule has 13 heteroatoms. The van der Waals surface area contributed by atoms with Crippen LogP contribution in [0.3, 0.4) is 0 Å². The first-order chi connectivity index (χ1) is 14.1. The molecule has 4 N–H and O–H groups in total. The van der Waals surface area contributed by atoms with Crippen molar-refractivity contribution in [1.29, 1.82) is 0 Å². The molecule has 0 amide bonds. The molecule has 0 aliphatic heterocycles. The van der Waals surface area contributed by atoms with Crippen LogP contribution in [0.15, 0.2) is 36.4 Å². The molecule has 2 aromatic carbocycles. The second-order valence-electron chi connectivity index (χ2n) is 5.96. The molecule has 3 aromatic rings. The maximum Gasteiger partial charge on any atom is 0.488 e. The number of alkyl halides is 4. The summed E-state index contributed by atoms with van der Waals surface area (Å²) >= 11 is 0. The predicted octanol–water partition coefficient (Wildman–Crippen LogP) is 1.33. The first-order valence-corrected chi connectivity index (χ1v) is 8.15. The average molecular weight is 425 g/mol. The van der Waals surface area contributed by atoms with Gasteiger partial charge >= 0.3 is 19.7 Å². The summed E-state index contributed by atoms with van der Waals surface area (Å²) in [6.45, 7) is 0.110. The SMILES string of the molecule is Nc1c(OC=O)nnc2cc(-c3cc(B(O)O)ccc3OC(F)(F)C(F)F)ccc12. The molecule has 0 radical (unpaired) electrons. The number of ether oxygens (including phenoxy) is 2. The standard InChI is InChI=1S/C17H12BF4N3O5/c19-16(20)17(21,22)30-13-4-2-9(18(27)28)6-11(13)8-1-3-10-12(5-8)24-25-15(14(10)23)29-7-26/h1-7,16,27-28H,(H2,23,24). The first kappa shape index (κ1) is 21.3. The number of nitrogens with zero attached hydrogens (tertiary/aromatic N) is 2. The minimum Gasteiger partial charge on any atom is -0.428 e. The van der Waals surface area contributed by atoms with Crippen molar-refractivity contribution in [3.05, 3.63) is 36.4 Å². The van der Waals surface area contributed by atoms with Crippen molar-refractivity contribution in [1.82, 2.24) is 10.2 Å². The van der Waals surface area contributed by atoms with Crippen molar-refractivity contribution >= 4 is 35.6 Å². The predicted molar refractivity (Wildman–Crippen MR) is 97.5 cm³/mol. The number of anilines is 1. The normalized spacial score (nSPS) is 11.6. The molecular formula is C17H12BF4N3O5. The summed E-state index contributed by atoms with van der Waals surface area (Å²) < 4.78 is 60.8. The Morgan fingerprint density at radius 2 is 1.87 bits per heavy atom. The molecule has 0 spiro atoms. The second-order valence-corrected chi connectivity index (χ2v) is 5.96. The van der Waals surface area contributed by atoms with Crippen molar-refractivity contribution < 1.29 is 41.9 Å². The monoisotopic (exact) mass is 425 g/mol. The van der Waals surface area contributed by atoms with E-state index in [2.05, 4.69) is 19.7 Å². The fourth-order valence-corrected chi connectivity index (χ4v) is 2.62. The van der Waals surface area contributed by atoms with Crippen LogP contribution in [0.25, 0.3) is 22.0 Å². The van der Waals surface area contributed by atoms with E-state index in [4.69, 9.17) is 5.73 Å². The highest BCUT2D eigenvalue weighted by Crippen LogP contribution is 2.37. The van der Waals surface area contributed by atoms with Gasteiger partial charge in [0, 0.05) is 10.9 Å². The van der Waals surface area contributed by atoms with E-state index in [1.165, 1.54) is 18.2 Å². The quantitative estimate of drug-likeness (QED) is 0.294. The molecule has 156 valence electrons. The average Bonchev–Trinajstić information content (AvgIpc) is 2.69. The zero-order chi connectivity index (χ0) is 22.1. The zero-order valence-corrected chi connectivity index (χ0v) is 14.8. The van der Waals surface area contributed by atoms with Crippen molar-refractivity contribution in [2.45, 2.75) is 12.5 Å². The highest BCUT2D eigenvalue weighted by molar-refractivity contribution is 6.58. The van der Waals surface area contributed by atoms with E-state index in [-0.39, 0.29) is 40.1 Å². The van der Waals surface area contributed by atoms with Gasteiger partial charge in [-0.25, -0.2) is 0 Å². The lowest BCUT2D eigenvalue weighted by Crippen LogP contribution is -2.34. The van der Waals surface area contributed by atoms with E-state index in [0.717, 1.165) is 18.2 Å². The smallest absolute Gasteiger partial charge is 0.428 e. The van der Waals surface area contributed by atoms with E-state index >= 15 is 0 Å². The fourth-order valence-electron chi connectivity index (χ4n) is 2.62. The van der Waals surface area contributed by atoms with Crippen LogP contribution < -0.4 is 20.7 Å². The Morgan fingerprint density at radius 1 is 1.13 bits per heavy atom. The molecular weight excluding hydrogens is 413 g/mol.